The van der Waals surface area contributed by atoms with Gasteiger partial charge >= 0.3 is 0 Å². The van der Waals surface area contributed by atoms with Gasteiger partial charge in [0.15, 0.2) is 0 Å². The first-order valence-electron chi connectivity index (χ1n) is 11.9. The molecule has 0 radical (unpaired) electrons. The summed E-state index contributed by atoms with van der Waals surface area (Å²) < 4.78 is 17.0. The molecule has 0 saturated heterocycles. The van der Waals surface area contributed by atoms with Crippen LogP contribution in [0.15, 0.2) is 72.8 Å². The van der Waals surface area contributed by atoms with Crippen LogP contribution in [0, 0.1) is 0 Å². The number of ether oxygens (including phenoxy) is 3. The molecule has 3 aromatic carbocycles. The average Bonchev–Trinajstić information content (AvgIpc) is 2.95. The Kier molecular flexibility index (Phi) is 12.1. The normalized spacial score (nSPS) is 14.4. The second kappa shape index (κ2) is 15.3. The van der Waals surface area contributed by atoms with Gasteiger partial charge in [0.25, 0.3) is 0 Å². The molecule has 3 unspecified atom stereocenters. The SMILES string of the molecule is OCC(Cl)COc1ccc(C(c2ccc(OCC(Cl)CO)cc2)c2ccc(OCC(Cl)CO)cc2)cc1. The molecule has 0 aromatic heterocycles. The van der Waals surface area contributed by atoms with E-state index in [1.165, 1.54) is 0 Å². The molecular weight excluding hydrogens is 539 g/mol. The maximum Gasteiger partial charge on any atom is 0.119 e. The Balaban J connectivity index is 1.84. The van der Waals surface area contributed by atoms with Crippen molar-refractivity contribution in [2.75, 3.05) is 39.6 Å². The molecule has 3 aromatic rings. The molecule has 0 aliphatic carbocycles. The topological polar surface area (TPSA) is 88.4 Å². The van der Waals surface area contributed by atoms with Crippen molar-refractivity contribution in [1.29, 1.82) is 0 Å². The van der Waals surface area contributed by atoms with E-state index in [4.69, 9.17) is 64.3 Å². The first-order chi connectivity index (χ1) is 17.9. The Hall–Kier alpha value is -2.19. The van der Waals surface area contributed by atoms with E-state index in [1.807, 2.05) is 72.8 Å². The molecule has 3 atom stereocenters. The molecule has 0 spiro atoms. The van der Waals surface area contributed by atoms with Crippen LogP contribution < -0.4 is 14.2 Å². The van der Waals surface area contributed by atoms with Gasteiger partial charge in [-0.3, -0.25) is 0 Å². The third-order valence-corrected chi connectivity index (χ3v) is 6.32. The van der Waals surface area contributed by atoms with Gasteiger partial charge in [-0.25, -0.2) is 0 Å². The van der Waals surface area contributed by atoms with Gasteiger partial charge in [-0.2, -0.15) is 0 Å². The van der Waals surface area contributed by atoms with Crippen molar-refractivity contribution in [2.24, 2.45) is 0 Å². The number of rotatable bonds is 15. The number of aliphatic hydroxyl groups excluding tert-OH is 3. The van der Waals surface area contributed by atoms with Crippen molar-refractivity contribution in [3.8, 4) is 17.2 Å². The second-order valence-corrected chi connectivity index (χ2v) is 10.3. The first kappa shape index (κ1) is 29.4. The van der Waals surface area contributed by atoms with Crippen LogP contribution in [0.3, 0.4) is 0 Å². The third-order valence-electron chi connectivity index (χ3n) is 5.53. The molecule has 0 bridgehead atoms. The van der Waals surface area contributed by atoms with Gasteiger partial charge < -0.3 is 29.5 Å². The van der Waals surface area contributed by atoms with Crippen LogP contribution in [0.5, 0.6) is 17.2 Å². The zero-order valence-electron chi connectivity index (χ0n) is 20.2. The molecule has 0 amide bonds. The van der Waals surface area contributed by atoms with Crippen LogP contribution in [0.4, 0.5) is 0 Å². The Bertz CT molecular complexity index is 910. The Morgan fingerprint density at radius 3 is 0.919 bits per heavy atom. The Morgan fingerprint density at radius 1 is 0.459 bits per heavy atom. The van der Waals surface area contributed by atoms with Gasteiger partial charge in [0.2, 0.25) is 0 Å². The summed E-state index contributed by atoms with van der Waals surface area (Å²) in [6.45, 7) is 0.169. The molecule has 3 N–H and O–H groups in total. The highest BCUT2D eigenvalue weighted by atomic mass is 35.5. The maximum absolute atomic E-state index is 9.10. The predicted octanol–water partition coefficient (Wildman–Crippen LogP) is 4.80. The second-order valence-electron chi connectivity index (χ2n) is 8.41. The van der Waals surface area contributed by atoms with Crippen molar-refractivity contribution in [3.05, 3.63) is 89.5 Å². The molecule has 37 heavy (non-hydrogen) atoms. The van der Waals surface area contributed by atoms with Crippen molar-refractivity contribution in [3.63, 3.8) is 0 Å². The minimum absolute atomic E-state index is 0.0909. The van der Waals surface area contributed by atoms with E-state index in [1.54, 1.807) is 0 Å². The number of aliphatic hydroxyl groups is 3. The average molecular weight is 570 g/mol. The van der Waals surface area contributed by atoms with Crippen LogP contribution in [-0.4, -0.2) is 71.1 Å². The van der Waals surface area contributed by atoms with E-state index in [2.05, 4.69) is 0 Å². The largest absolute Gasteiger partial charge is 0.492 e. The van der Waals surface area contributed by atoms with Gasteiger partial charge in [-0.05, 0) is 53.1 Å². The summed E-state index contributed by atoms with van der Waals surface area (Å²) in [5.74, 6) is 1.89. The van der Waals surface area contributed by atoms with Gasteiger partial charge in [0.05, 0.1) is 36.0 Å². The van der Waals surface area contributed by atoms with E-state index in [-0.39, 0.29) is 45.6 Å². The standard InChI is InChI=1S/C28H31Cl3O6/c29-22(13-32)16-35-25-7-1-19(2-8-25)28(20-3-9-26(10-4-20)36-17-23(30)14-33)21-5-11-27(12-6-21)37-18-24(31)15-34/h1-12,22-24,28,32-34H,13-18H2. The van der Waals surface area contributed by atoms with E-state index >= 15 is 0 Å². The minimum Gasteiger partial charge on any atom is -0.492 e. The molecule has 0 aliphatic rings. The molecule has 0 saturated carbocycles. The third kappa shape index (κ3) is 9.25. The van der Waals surface area contributed by atoms with E-state index in [0.717, 1.165) is 16.7 Å². The summed E-state index contributed by atoms with van der Waals surface area (Å²) in [6, 6.07) is 23.2. The highest BCUT2D eigenvalue weighted by Gasteiger charge is 2.18. The van der Waals surface area contributed by atoms with Crippen LogP contribution in [0.2, 0.25) is 0 Å². The van der Waals surface area contributed by atoms with Crippen LogP contribution >= 0.6 is 34.8 Å². The Labute approximate surface area is 232 Å². The summed E-state index contributed by atoms with van der Waals surface area (Å²) in [6.07, 6.45) is 0. The van der Waals surface area contributed by atoms with Gasteiger partial charge in [0, 0.05) is 5.92 Å². The fourth-order valence-electron chi connectivity index (χ4n) is 3.56. The molecule has 9 heteroatoms. The lowest BCUT2D eigenvalue weighted by Crippen LogP contribution is -2.15. The van der Waals surface area contributed by atoms with E-state index < -0.39 is 16.1 Å². The summed E-state index contributed by atoms with van der Waals surface area (Å²) in [5.41, 5.74) is 3.13. The molecule has 6 nitrogen and oxygen atoms in total. The van der Waals surface area contributed by atoms with Crippen molar-refractivity contribution in [2.45, 2.75) is 22.0 Å². The summed E-state index contributed by atoms with van der Waals surface area (Å²) in [4.78, 5) is 0. The van der Waals surface area contributed by atoms with E-state index in [9.17, 15) is 0 Å². The molecule has 0 fully saturated rings. The lowest BCUT2D eigenvalue weighted by molar-refractivity contribution is 0.237. The monoisotopic (exact) mass is 568 g/mol. The fraction of sp³-hybridized carbons (Fsp3) is 0.357. The van der Waals surface area contributed by atoms with Gasteiger partial charge in [-0.15, -0.1) is 34.8 Å². The number of hydrogen-bond acceptors (Lipinski definition) is 6. The summed E-state index contributed by atoms with van der Waals surface area (Å²) >= 11 is 17.8. The Morgan fingerprint density at radius 2 is 0.703 bits per heavy atom. The lowest BCUT2D eigenvalue weighted by atomic mass is 9.85. The zero-order chi connectivity index (χ0) is 26.6. The van der Waals surface area contributed by atoms with Crippen molar-refractivity contribution >= 4 is 34.8 Å². The minimum atomic E-state index is -0.466. The van der Waals surface area contributed by atoms with Crippen molar-refractivity contribution in [1.82, 2.24) is 0 Å². The summed E-state index contributed by atoms with van der Waals surface area (Å²) in [5, 5.41) is 25.9. The van der Waals surface area contributed by atoms with E-state index in [0.29, 0.717) is 17.2 Å². The highest BCUT2D eigenvalue weighted by molar-refractivity contribution is 6.21. The number of halogens is 3. The number of alkyl halides is 3. The fourth-order valence-corrected chi connectivity index (χ4v) is 3.75. The molecule has 0 heterocycles. The molecule has 3 rings (SSSR count). The molecular formula is C28H31Cl3O6. The first-order valence-corrected chi connectivity index (χ1v) is 13.2. The highest BCUT2D eigenvalue weighted by Crippen LogP contribution is 2.34. The van der Waals surface area contributed by atoms with Gasteiger partial charge in [-0.1, -0.05) is 36.4 Å². The zero-order valence-corrected chi connectivity index (χ0v) is 22.4. The smallest absolute Gasteiger partial charge is 0.119 e. The van der Waals surface area contributed by atoms with Gasteiger partial charge in [0.1, 0.15) is 37.1 Å². The lowest BCUT2D eigenvalue weighted by Gasteiger charge is -2.21. The quantitative estimate of drug-likeness (QED) is 0.180. The number of benzene rings is 3. The van der Waals surface area contributed by atoms with Crippen LogP contribution in [-0.2, 0) is 0 Å². The number of hydrogen-bond donors (Lipinski definition) is 3. The predicted molar refractivity (Wildman–Crippen MR) is 147 cm³/mol. The molecule has 0 aliphatic heterocycles. The molecule has 200 valence electrons. The van der Waals surface area contributed by atoms with Crippen LogP contribution in [0.1, 0.15) is 22.6 Å². The van der Waals surface area contributed by atoms with Crippen molar-refractivity contribution < 1.29 is 29.5 Å². The maximum atomic E-state index is 9.10. The summed E-state index contributed by atoms with van der Waals surface area (Å²) in [7, 11) is 0. The van der Waals surface area contributed by atoms with Crippen LogP contribution in [0.25, 0.3) is 0 Å².